The van der Waals surface area contributed by atoms with Crippen molar-refractivity contribution in [3.63, 3.8) is 0 Å². The van der Waals surface area contributed by atoms with Crippen LogP contribution in [0.3, 0.4) is 0 Å². The summed E-state index contributed by atoms with van der Waals surface area (Å²) in [5.74, 6) is -0.245. The molecular formula is C22H35NO5. The molecule has 0 saturated heterocycles. The fraction of sp³-hybridized carbons (Fsp3) is 0.636. The molecule has 0 heterocycles. The zero-order chi connectivity index (χ0) is 21.0. The van der Waals surface area contributed by atoms with Gasteiger partial charge in [-0.3, -0.25) is 4.79 Å². The van der Waals surface area contributed by atoms with Crippen LogP contribution in [0.4, 0.5) is 5.69 Å². The minimum atomic E-state index is -0.921. The summed E-state index contributed by atoms with van der Waals surface area (Å²) in [7, 11) is 1.54. The van der Waals surface area contributed by atoms with Crippen molar-refractivity contribution in [1.29, 1.82) is 0 Å². The van der Waals surface area contributed by atoms with Gasteiger partial charge >= 0.3 is 5.97 Å². The lowest BCUT2D eigenvalue weighted by Gasteiger charge is -2.27. The molecule has 1 aromatic carbocycles. The monoisotopic (exact) mass is 393 g/mol. The number of rotatable bonds is 13. The molecule has 28 heavy (non-hydrogen) atoms. The molecular weight excluding hydrogens is 358 g/mol. The van der Waals surface area contributed by atoms with Crippen LogP contribution < -0.4 is 10.1 Å². The standard InChI is InChI=1S/C22H35NO5/c1-6-9-11-14-22(4,26-5)21(25)23-17-12-13-19(28-15-10-7-2)18(16-17)20(24)27-8-3/h12-13,16H,6-11,14-15H2,1-5H3,(H,23,25)/t22-/m0/s1. The van der Waals surface area contributed by atoms with Gasteiger partial charge < -0.3 is 19.5 Å². The number of carbonyl (C=O) groups is 2. The number of esters is 1. The summed E-state index contributed by atoms with van der Waals surface area (Å²) in [6.07, 6.45) is 5.55. The van der Waals surface area contributed by atoms with Crippen molar-refractivity contribution in [3.05, 3.63) is 23.8 Å². The van der Waals surface area contributed by atoms with Gasteiger partial charge in [0.2, 0.25) is 0 Å². The van der Waals surface area contributed by atoms with Crippen molar-refractivity contribution in [2.75, 3.05) is 25.6 Å². The first-order valence-electron chi connectivity index (χ1n) is 10.2. The van der Waals surface area contributed by atoms with Gasteiger partial charge in [0.1, 0.15) is 16.9 Å². The Morgan fingerprint density at radius 1 is 1.07 bits per heavy atom. The first-order chi connectivity index (χ1) is 13.4. The normalized spacial score (nSPS) is 12.9. The number of amides is 1. The molecule has 0 aliphatic heterocycles. The van der Waals surface area contributed by atoms with Crippen LogP contribution in [-0.2, 0) is 14.3 Å². The van der Waals surface area contributed by atoms with E-state index >= 15 is 0 Å². The fourth-order valence-electron chi connectivity index (χ4n) is 2.71. The van der Waals surface area contributed by atoms with E-state index in [1.165, 1.54) is 0 Å². The number of ether oxygens (including phenoxy) is 3. The van der Waals surface area contributed by atoms with Crippen molar-refractivity contribution in [2.24, 2.45) is 0 Å². The molecule has 0 radical (unpaired) electrons. The Kier molecular flexibility index (Phi) is 10.6. The third-order valence-corrected chi connectivity index (χ3v) is 4.68. The van der Waals surface area contributed by atoms with Gasteiger partial charge in [0.25, 0.3) is 5.91 Å². The summed E-state index contributed by atoms with van der Waals surface area (Å²) in [6.45, 7) is 8.51. The molecule has 0 aliphatic rings. The van der Waals surface area contributed by atoms with Crippen LogP contribution in [0, 0.1) is 0 Å². The van der Waals surface area contributed by atoms with Crippen LogP contribution in [0.5, 0.6) is 5.75 Å². The number of anilines is 1. The Bertz CT molecular complexity index is 631. The summed E-state index contributed by atoms with van der Waals surface area (Å²) >= 11 is 0. The highest BCUT2D eigenvalue weighted by Crippen LogP contribution is 2.26. The third-order valence-electron chi connectivity index (χ3n) is 4.68. The van der Waals surface area contributed by atoms with Gasteiger partial charge in [0, 0.05) is 12.8 Å². The Hall–Kier alpha value is -2.08. The summed E-state index contributed by atoms with van der Waals surface area (Å²) in [6, 6.07) is 5.02. The maximum Gasteiger partial charge on any atom is 0.341 e. The lowest BCUT2D eigenvalue weighted by Crippen LogP contribution is -2.42. The molecule has 1 aromatic rings. The second-order valence-electron chi connectivity index (χ2n) is 6.98. The molecule has 6 nitrogen and oxygen atoms in total. The molecule has 0 bridgehead atoms. The van der Waals surface area contributed by atoms with E-state index < -0.39 is 11.6 Å². The minimum absolute atomic E-state index is 0.236. The molecule has 0 aliphatic carbocycles. The van der Waals surface area contributed by atoms with Gasteiger partial charge in [-0.05, 0) is 44.9 Å². The van der Waals surface area contributed by atoms with Crippen molar-refractivity contribution in [3.8, 4) is 5.75 Å². The van der Waals surface area contributed by atoms with Crippen LogP contribution in [0.25, 0.3) is 0 Å². The average Bonchev–Trinajstić information content (AvgIpc) is 2.69. The highest BCUT2D eigenvalue weighted by atomic mass is 16.5. The number of hydrogen-bond donors (Lipinski definition) is 1. The molecule has 0 saturated carbocycles. The molecule has 1 rings (SSSR count). The first kappa shape index (κ1) is 24.0. The van der Waals surface area contributed by atoms with Crippen LogP contribution in [0.2, 0.25) is 0 Å². The Morgan fingerprint density at radius 2 is 1.79 bits per heavy atom. The lowest BCUT2D eigenvalue weighted by atomic mass is 9.96. The van der Waals surface area contributed by atoms with Crippen LogP contribution >= 0.6 is 0 Å². The summed E-state index contributed by atoms with van der Waals surface area (Å²) in [5, 5.41) is 2.86. The zero-order valence-electron chi connectivity index (χ0n) is 17.9. The molecule has 1 N–H and O–H groups in total. The molecule has 1 atom stereocenters. The van der Waals surface area contributed by atoms with E-state index in [2.05, 4.69) is 19.2 Å². The number of methoxy groups -OCH3 is 1. The van der Waals surface area contributed by atoms with E-state index in [-0.39, 0.29) is 12.5 Å². The zero-order valence-corrected chi connectivity index (χ0v) is 17.9. The third kappa shape index (κ3) is 7.15. The van der Waals surface area contributed by atoms with Gasteiger partial charge in [-0.1, -0.05) is 39.5 Å². The van der Waals surface area contributed by atoms with Gasteiger partial charge in [-0.25, -0.2) is 4.79 Å². The van der Waals surface area contributed by atoms with Crippen LogP contribution in [0.1, 0.15) is 76.6 Å². The molecule has 0 spiro atoms. The summed E-state index contributed by atoms with van der Waals surface area (Å²) in [4.78, 5) is 25.1. The fourth-order valence-corrected chi connectivity index (χ4v) is 2.71. The van der Waals surface area contributed by atoms with Crippen LogP contribution in [0.15, 0.2) is 18.2 Å². The van der Waals surface area contributed by atoms with Crippen molar-refractivity contribution in [1.82, 2.24) is 0 Å². The quantitative estimate of drug-likeness (QED) is 0.378. The summed E-state index contributed by atoms with van der Waals surface area (Å²) < 4.78 is 16.3. The van der Waals surface area contributed by atoms with Crippen molar-refractivity contribution in [2.45, 2.75) is 71.8 Å². The molecule has 158 valence electrons. The topological polar surface area (TPSA) is 73.9 Å². The van der Waals surface area contributed by atoms with E-state index in [9.17, 15) is 9.59 Å². The lowest BCUT2D eigenvalue weighted by molar-refractivity contribution is -0.136. The molecule has 1 amide bonds. The highest BCUT2D eigenvalue weighted by Gasteiger charge is 2.32. The average molecular weight is 394 g/mol. The van der Waals surface area contributed by atoms with E-state index in [0.29, 0.717) is 30.0 Å². The number of nitrogens with one attached hydrogen (secondary N) is 1. The van der Waals surface area contributed by atoms with Gasteiger partial charge in [0.05, 0.1) is 13.2 Å². The van der Waals surface area contributed by atoms with E-state index in [0.717, 1.165) is 32.1 Å². The Morgan fingerprint density at radius 3 is 2.39 bits per heavy atom. The Labute approximate surface area is 168 Å². The van der Waals surface area contributed by atoms with Gasteiger partial charge in [-0.15, -0.1) is 0 Å². The molecule has 0 aromatic heterocycles. The predicted molar refractivity (Wildman–Crippen MR) is 111 cm³/mol. The highest BCUT2D eigenvalue weighted by molar-refractivity contribution is 5.99. The van der Waals surface area contributed by atoms with Gasteiger partial charge in [-0.2, -0.15) is 0 Å². The minimum Gasteiger partial charge on any atom is -0.493 e. The van der Waals surface area contributed by atoms with Crippen molar-refractivity contribution >= 4 is 17.6 Å². The number of carbonyl (C=O) groups excluding carboxylic acids is 2. The van der Waals surface area contributed by atoms with E-state index in [1.807, 2.05) is 0 Å². The van der Waals surface area contributed by atoms with Crippen LogP contribution in [-0.4, -0.2) is 37.8 Å². The SMILES string of the molecule is CCCCC[C@](C)(OC)C(=O)Nc1ccc(OCCCC)c(C(=O)OCC)c1. The smallest absolute Gasteiger partial charge is 0.341 e. The number of hydrogen-bond acceptors (Lipinski definition) is 5. The van der Waals surface area contributed by atoms with E-state index in [1.54, 1.807) is 39.2 Å². The largest absolute Gasteiger partial charge is 0.493 e. The maximum atomic E-state index is 12.8. The second-order valence-corrected chi connectivity index (χ2v) is 6.98. The first-order valence-corrected chi connectivity index (χ1v) is 10.2. The maximum absolute atomic E-state index is 12.8. The number of unbranched alkanes of at least 4 members (excludes halogenated alkanes) is 3. The molecule has 6 heteroatoms. The molecule has 0 unspecified atom stereocenters. The number of benzene rings is 1. The Balaban J connectivity index is 2.98. The van der Waals surface area contributed by atoms with Gasteiger partial charge in [0.15, 0.2) is 0 Å². The second kappa shape index (κ2) is 12.4. The molecule has 0 fully saturated rings. The predicted octanol–water partition coefficient (Wildman–Crippen LogP) is 4.97. The summed E-state index contributed by atoms with van der Waals surface area (Å²) in [5.41, 5.74) is -0.106. The van der Waals surface area contributed by atoms with Crippen molar-refractivity contribution < 1.29 is 23.8 Å². The van der Waals surface area contributed by atoms with E-state index in [4.69, 9.17) is 14.2 Å².